The SMILES string of the molecule is Brc1ccc(OCCCCCN2CCCCC2)cc1. The summed E-state index contributed by atoms with van der Waals surface area (Å²) in [7, 11) is 0. The van der Waals surface area contributed by atoms with Gasteiger partial charge in [0.15, 0.2) is 0 Å². The van der Waals surface area contributed by atoms with E-state index in [1.165, 1.54) is 51.7 Å². The molecule has 1 aliphatic heterocycles. The fraction of sp³-hybridized carbons (Fsp3) is 0.625. The summed E-state index contributed by atoms with van der Waals surface area (Å²) in [6.07, 6.45) is 7.96. The molecule has 0 N–H and O–H groups in total. The highest BCUT2D eigenvalue weighted by Gasteiger charge is 2.08. The van der Waals surface area contributed by atoms with Crippen molar-refractivity contribution in [2.75, 3.05) is 26.2 Å². The monoisotopic (exact) mass is 325 g/mol. The molecule has 2 nitrogen and oxygen atoms in total. The highest BCUT2D eigenvalue weighted by atomic mass is 79.9. The molecule has 1 fully saturated rings. The maximum atomic E-state index is 5.72. The summed E-state index contributed by atoms with van der Waals surface area (Å²) < 4.78 is 6.82. The van der Waals surface area contributed by atoms with E-state index >= 15 is 0 Å². The Morgan fingerprint density at radius 2 is 1.68 bits per heavy atom. The van der Waals surface area contributed by atoms with Crippen molar-refractivity contribution in [3.63, 3.8) is 0 Å². The van der Waals surface area contributed by atoms with E-state index in [9.17, 15) is 0 Å². The lowest BCUT2D eigenvalue weighted by molar-refractivity contribution is 0.221. The van der Waals surface area contributed by atoms with Crippen LogP contribution in [0.1, 0.15) is 38.5 Å². The Morgan fingerprint density at radius 1 is 0.947 bits per heavy atom. The van der Waals surface area contributed by atoms with Gasteiger partial charge >= 0.3 is 0 Å². The van der Waals surface area contributed by atoms with Gasteiger partial charge in [0.2, 0.25) is 0 Å². The molecule has 1 aliphatic rings. The second kappa shape index (κ2) is 8.60. The van der Waals surface area contributed by atoms with E-state index in [1.54, 1.807) is 0 Å². The van der Waals surface area contributed by atoms with Crippen LogP contribution in [0.2, 0.25) is 0 Å². The third-order valence-electron chi connectivity index (χ3n) is 3.65. The van der Waals surface area contributed by atoms with Crippen LogP contribution in [0.4, 0.5) is 0 Å². The van der Waals surface area contributed by atoms with Crippen LogP contribution < -0.4 is 4.74 Å². The van der Waals surface area contributed by atoms with Gasteiger partial charge in [-0.1, -0.05) is 22.4 Å². The standard InChI is InChI=1S/C16H24BrNO/c17-15-7-9-16(10-8-15)19-14-6-2-5-13-18-11-3-1-4-12-18/h7-10H,1-6,11-14H2. The predicted octanol–water partition coefficient (Wildman–Crippen LogP) is 4.48. The molecule has 0 amide bonds. The molecule has 19 heavy (non-hydrogen) atoms. The second-order valence-corrected chi connectivity index (χ2v) is 6.18. The molecule has 1 aromatic carbocycles. The zero-order valence-corrected chi connectivity index (χ0v) is 13.2. The first-order valence-corrected chi connectivity index (χ1v) is 8.24. The lowest BCUT2D eigenvalue weighted by Crippen LogP contribution is -2.30. The number of hydrogen-bond donors (Lipinski definition) is 0. The van der Waals surface area contributed by atoms with Crippen molar-refractivity contribution in [3.05, 3.63) is 28.7 Å². The minimum absolute atomic E-state index is 0.835. The molecule has 106 valence electrons. The van der Waals surface area contributed by atoms with Crippen molar-refractivity contribution < 1.29 is 4.74 Å². The summed E-state index contributed by atoms with van der Waals surface area (Å²) >= 11 is 3.43. The molecule has 1 heterocycles. The summed E-state index contributed by atoms with van der Waals surface area (Å²) in [5.41, 5.74) is 0. The smallest absolute Gasteiger partial charge is 0.119 e. The molecule has 0 bridgehead atoms. The molecular weight excluding hydrogens is 302 g/mol. The Bertz CT molecular complexity index is 346. The van der Waals surface area contributed by atoms with Crippen molar-refractivity contribution in [1.29, 1.82) is 0 Å². The van der Waals surface area contributed by atoms with E-state index in [1.807, 2.05) is 24.3 Å². The zero-order valence-electron chi connectivity index (χ0n) is 11.6. The predicted molar refractivity (Wildman–Crippen MR) is 83.8 cm³/mol. The number of hydrogen-bond acceptors (Lipinski definition) is 2. The van der Waals surface area contributed by atoms with Gasteiger partial charge in [-0.25, -0.2) is 0 Å². The zero-order chi connectivity index (χ0) is 13.3. The molecule has 0 atom stereocenters. The third kappa shape index (κ3) is 5.96. The average molecular weight is 326 g/mol. The lowest BCUT2D eigenvalue weighted by atomic mass is 10.1. The molecular formula is C16H24BrNO. The number of likely N-dealkylation sites (tertiary alicyclic amines) is 1. The van der Waals surface area contributed by atoms with Crippen molar-refractivity contribution in [3.8, 4) is 5.75 Å². The van der Waals surface area contributed by atoms with Crippen molar-refractivity contribution in [2.45, 2.75) is 38.5 Å². The molecule has 1 saturated heterocycles. The fourth-order valence-corrected chi connectivity index (χ4v) is 2.78. The van der Waals surface area contributed by atoms with Crippen LogP contribution in [0.5, 0.6) is 5.75 Å². The van der Waals surface area contributed by atoms with Crippen molar-refractivity contribution in [2.24, 2.45) is 0 Å². The molecule has 0 spiro atoms. The Kier molecular flexibility index (Phi) is 6.72. The number of ether oxygens (including phenoxy) is 1. The minimum atomic E-state index is 0.835. The molecule has 0 saturated carbocycles. The number of benzene rings is 1. The average Bonchev–Trinajstić information content (AvgIpc) is 2.46. The van der Waals surface area contributed by atoms with Crippen LogP contribution in [0.15, 0.2) is 28.7 Å². The Hall–Kier alpha value is -0.540. The third-order valence-corrected chi connectivity index (χ3v) is 4.18. The number of unbranched alkanes of at least 4 members (excludes halogenated alkanes) is 2. The van der Waals surface area contributed by atoms with E-state index in [0.717, 1.165) is 23.2 Å². The molecule has 1 aromatic rings. The number of halogens is 1. The molecule has 0 radical (unpaired) electrons. The second-order valence-electron chi connectivity index (χ2n) is 5.27. The maximum absolute atomic E-state index is 5.72. The van der Waals surface area contributed by atoms with E-state index < -0.39 is 0 Å². The van der Waals surface area contributed by atoms with Crippen LogP contribution in [0.25, 0.3) is 0 Å². The molecule has 0 aliphatic carbocycles. The summed E-state index contributed by atoms with van der Waals surface area (Å²) in [6, 6.07) is 8.06. The van der Waals surface area contributed by atoms with Crippen molar-refractivity contribution >= 4 is 15.9 Å². The van der Waals surface area contributed by atoms with E-state index in [0.29, 0.717) is 0 Å². The Balaban J connectivity index is 1.49. The first-order chi connectivity index (χ1) is 9.34. The van der Waals surface area contributed by atoms with E-state index in [2.05, 4.69) is 20.8 Å². The van der Waals surface area contributed by atoms with Gasteiger partial charge < -0.3 is 9.64 Å². The Labute approximate surface area is 125 Å². The largest absolute Gasteiger partial charge is 0.494 e. The van der Waals surface area contributed by atoms with Gasteiger partial charge in [0, 0.05) is 4.47 Å². The highest BCUT2D eigenvalue weighted by molar-refractivity contribution is 9.10. The summed E-state index contributed by atoms with van der Waals surface area (Å²) in [5, 5.41) is 0. The van der Waals surface area contributed by atoms with Crippen LogP contribution in [0.3, 0.4) is 0 Å². The van der Waals surface area contributed by atoms with Gasteiger partial charge in [0.05, 0.1) is 6.61 Å². The molecule has 0 unspecified atom stereocenters. The number of piperidine rings is 1. The molecule has 3 heteroatoms. The van der Waals surface area contributed by atoms with Gasteiger partial charge in [-0.05, 0) is 76.0 Å². The highest BCUT2D eigenvalue weighted by Crippen LogP contribution is 2.16. The van der Waals surface area contributed by atoms with Crippen LogP contribution in [-0.2, 0) is 0 Å². The van der Waals surface area contributed by atoms with Crippen LogP contribution in [0, 0.1) is 0 Å². The number of nitrogens with zero attached hydrogens (tertiary/aromatic N) is 1. The lowest BCUT2D eigenvalue weighted by Gasteiger charge is -2.26. The van der Waals surface area contributed by atoms with Crippen LogP contribution in [-0.4, -0.2) is 31.1 Å². The fourth-order valence-electron chi connectivity index (χ4n) is 2.52. The molecule has 2 rings (SSSR count). The van der Waals surface area contributed by atoms with E-state index in [4.69, 9.17) is 4.74 Å². The van der Waals surface area contributed by atoms with Crippen molar-refractivity contribution in [1.82, 2.24) is 4.90 Å². The summed E-state index contributed by atoms with van der Waals surface area (Å²) in [4.78, 5) is 2.61. The van der Waals surface area contributed by atoms with Gasteiger partial charge in [-0.3, -0.25) is 0 Å². The minimum Gasteiger partial charge on any atom is -0.494 e. The van der Waals surface area contributed by atoms with Gasteiger partial charge in [-0.15, -0.1) is 0 Å². The maximum Gasteiger partial charge on any atom is 0.119 e. The first-order valence-electron chi connectivity index (χ1n) is 7.45. The summed E-state index contributed by atoms with van der Waals surface area (Å²) in [5.74, 6) is 0.972. The summed E-state index contributed by atoms with van der Waals surface area (Å²) in [6.45, 7) is 4.74. The molecule has 0 aromatic heterocycles. The van der Waals surface area contributed by atoms with Gasteiger partial charge in [-0.2, -0.15) is 0 Å². The number of rotatable bonds is 7. The quantitative estimate of drug-likeness (QED) is 0.685. The Morgan fingerprint density at radius 3 is 2.42 bits per heavy atom. The normalized spacial score (nSPS) is 16.5. The van der Waals surface area contributed by atoms with Crippen LogP contribution >= 0.6 is 15.9 Å². The van der Waals surface area contributed by atoms with Gasteiger partial charge in [0.1, 0.15) is 5.75 Å². The van der Waals surface area contributed by atoms with E-state index in [-0.39, 0.29) is 0 Å². The van der Waals surface area contributed by atoms with Gasteiger partial charge in [0.25, 0.3) is 0 Å². The first kappa shape index (κ1) is 14.9. The topological polar surface area (TPSA) is 12.5 Å².